The molecule has 0 heteroatoms. The number of hydrogen-bond donors (Lipinski definition) is 0. The molecule has 0 saturated heterocycles. The molecule has 4 saturated carbocycles. The molecule has 0 radical (unpaired) electrons. The van der Waals surface area contributed by atoms with Crippen LogP contribution in [-0.4, -0.2) is 0 Å². The van der Waals surface area contributed by atoms with Crippen LogP contribution in [0.15, 0.2) is 0 Å². The van der Waals surface area contributed by atoms with Crippen LogP contribution in [0.3, 0.4) is 0 Å². The van der Waals surface area contributed by atoms with E-state index in [1.165, 1.54) is 51.4 Å². The van der Waals surface area contributed by atoms with E-state index in [4.69, 9.17) is 0 Å². The summed E-state index contributed by atoms with van der Waals surface area (Å²) in [5, 5.41) is 0. The van der Waals surface area contributed by atoms with Gasteiger partial charge in [0, 0.05) is 0 Å². The van der Waals surface area contributed by atoms with Crippen molar-refractivity contribution in [3.8, 4) is 0 Å². The summed E-state index contributed by atoms with van der Waals surface area (Å²) in [7, 11) is 0. The molecule has 0 aliphatic heterocycles. The summed E-state index contributed by atoms with van der Waals surface area (Å²) in [5.74, 6) is 0. The molecule has 4 rings (SSSR count). The first kappa shape index (κ1) is 12.7. The second-order valence-electron chi connectivity index (χ2n) is 10.0. The summed E-state index contributed by atoms with van der Waals surface area (Å²) in [6, 6.07) is 0. The van der Waals surface area contributed by atoms with Gasteiger partial charge in [0.2, 0.25) is 0 Å². The average molecular weight is 260 g/mol. The van der Waals surface area contributed by atoms with Crippen LogP contribution in [0.5, 0.6) is 0 Å². The summed E-state index contributed by atoms with van der Waals surface area (Å²) in [5.41, 5.74) is 3.50. The van der Waals surface area contributed by atoms with Gasteiger partial charge in [-0.25, -0.2) is 0 Å². The van der Waals surface area contributed by atoms with Crippen LogP contribution in [0.25, 0.3) is 0 Å². The van der Waals surface area contributed by atoms with Crippen LogP contribution in [0.1, 0.15) is 91.9 Å². The van der Waals surface area contributed by atoms with Gasteiger partial charge >= 0.3 is 0 Å². The second kappa shape index (κ2) is 3.25. The fourth-order valence-electron chi connectivity index (χ4n) is 7.37. The topological polar surface area (TPSA) is 0 Å². The molecule has 4 aliphatic carbocycles. The third-order valence-electron chi connectivity index (χ3n) is 8.65. The van der Waals surface area contributed by atoms with Gasteiger partial charge in [-0.1, -0.05) is 40.5 Å². The molecule has 0 aromatic carbocycles. The first-order valence-electron chi connectivity index (χ1n) is 8.79. The minimum atomic E-state index is 0.610. The molecule has 4 atom stereocenters. The van der Waals surface area contributed by atoms with Crippen molar-refractivity contribution >= 4 is 0 Å². The van der Waals surface area contributed by atoms with Crippen molar-refractivity contribution in [1.82, 2.24) is 0 Å². The lowest BCUT2D eigenvalue weighted by molar-refractivity contribution is -0.108. The Morgan fingerprint density at radius 1 is 0.526 bits per heavy atom. The van der Waals surface area contributed by atoms with Gasteiger partial charge in [-0.05, 0) is 78.4 Å². The van der Waals surface area contributed by atoms with E-state index in [-0.39, 0.29) is 0 Å². The Hall–Kier alpha value is 0. The molecule has 4 fully saturated rings. The molecular formula is C19H32. The Morgan fingerprint density at radius 3 is 1.74 bits per heavy atom. The lowest BCUT2D eigenvalue weighted by atomic mass is 9.44. The zero-order chi connectivity index (χ0) is 13.6. The van der Waals surface area contributed by atoms with Crippen molar-refractivity contribution in [1.29, 1.82) is 0 Å². The van der Waals surface area contributed by atoms with Crippen LogP contribution in [0.4, 0.5) is 0 Å². The second-order valence-corrected chi connectivity index (χ2v) is 10.0. The Bertz CT molecular complexity index is 422. The third kappa shape index (κ3) is 1.28. The van der Waals surface area contributed by atoms with Crippen LogP contribution < -0.4 is 0 Å². The van der Waals surface area contributed by atoms with Crippen LogP contribution in [-0.2, 0) is 0 Å². The van der Waals surface area contributed by atoms with E-state index in [0.29, 0.717) is 16.2 Å². The summed E-state index contributed by atoms with van der Waals surface area (Å²) in [4.78, 5) is 0. The Morgan fingerprint density at radius 2 is 1.11 bits per heavy atom. The number of hydrogen-bond acceptors (Lipinski definition) is 0. The van der Waals surface area contributed by atoms with Gasteiger partial charge < -0.3 is 0 Å². The van der Waals surface area contributed by atoms with Gasteiger partial charge in [-0.3, -0.25) is 0 Å². The summed E-state index contributed by atoms with van der Waals surface area (Å²) >= 11 is 0. The Kier molecular flexibility index (Phi) is 2.18. The van der Waals surface area contributed by atoms with E-state index in [1.54, 1.807) is 12.8 Å². The summed E-state index contributed by atoms with van der Waals surface area (Å²) < 4.78 is 0. The predicted molar refractivity (Wildman–Crippen MR) is 81.0 cm³/mol. The first-order chi connectivity index (χ1) is 8.79. The highest BCUT2D eigenvalue weighted by Gasteiger charge is 2.82. The molecule has 2 bridgehead atoms. The van der Waals surface area contributed by atoms with Crippen molar-refractivity contribution in [2.24, 2.45) is 27.1 Å². The molecule has 0 nitrogen and oxygen atoms in total. The van der Waals surface area contributed by atoms with Crippen molar-refractivity contribution in [3.05, 3.63) is 0 Å². The molecule has 0 aromatic rings. The SMILES string of the molecule is CC1(C)CCC23C[C@]2(C1)C1(C)CCCCC3(C)CC1. The lowest BCUT2D eigenvalue weighted by Crippen LogP contribution is -2.51. The van der Waals surface area contributed by atoms with Gasteiger partial charge in [0.05, 0.1) is 0 Å². The maximum Gasteiger partial charge on any atom is -0.0171 e. The van der Waals surface area contributed by atoms with Gasteiger partial charge in [0.25, 0.3) is 0 Å². The largest absolute Gasteiger partial charge is 0.0599 e. The van der Waals surface area contributed by atoms with E-state index in [1.807, 2.05) is 0 Å². The van der Waals surface area contributed by atoms with Crippen molar-refractivity contribution < 1.29 is 0 Å². The molecule has 19 heavy (non-hydrogen) atoms. The molecule has 0 amide bonds. The van der Waals surface area contributed by atoms with Crippen LogP contribution >= 0.6 is 0 Å². The monoisotopic (exact) mass is 260 g/mol. The maximum atomic E-state index is 2.68. The smallest absolute Gasteiger partial charge is 0.0171 e. The van der Waals surface area contributed by atoms with E-state index in [2.05, 4.69) is 27.7 Å². The molecule has 0 spiro atoms. The molecule has 108 valence electrons. The van der Waals surface area contributed by atoms with Gasteiger partial charge in [-0.15, -0.1) is 0 Å². The maximum absolute atomic E-state index is 2.68. The Labute approximate surface area is 119 Å². The first-order valence-corrected chi connectivity index (χ1v) is 8.79. The average Bonchev–Trinajstić information content (AvgIpc) is 3.00. The molecule has 3 unspecified atom stereocenters. The summed E-state index contributed by atoms with van der Waals surface area (Å²) in [6.07, 6.45) is 15.3. The highest BCUT2D eigenvalue weighted by Crippen LogP contribution is 2.90. The van der Waals surface area contributed by atoms with Crippen LogP contribution in [0.2, 0.25) is 0 Å². The minimum Gasteiger partial charge on any atom is -0.0599 e. The minimum absolute atomic E-state index is 0.610. The van der Waals surface area contributed by atoms with Crippen molar-refractivity contribution in [2.75, 3.05) is 0 Å². The predicted octanol–water partition coefficient (Wildman–Crippen LogP) is 5.95. The van der Waals surface area contributed by atoms with E-state index < -0.39 is 0 Å². The van der Waals surface area contributed by atoms with Gasteiger partial charge in [-0.2, -0.15) is 0 Å². The fourth-order valence-corrected chi connectivity index (χ4v) is 7.37. The van der Waals surface area contributed by atoms with Crippen molar-refractivity contribution in [2.45, 2.75) is 91.9 Å². The van der Waals surface area contributed by atoms with E-state index in [0.717, 1.165) is 10.8 Å². The quantitative estimate of drug-likeness (QED) is 0.504. The lowest BCUT2D eigenvalue weighted by Gasteiger charge is -2.60. The molecule has 0 aromatic heterocycles. The fraction of sp³-hybridized carbons (Fsp3) is 1.00. The van der Waals surface area contributed by atoms with Gasteiger partial charge in [0.15, 0.2) is 0 Å². The van der Waals surface area contributed by atoms with Gasteiger partial charge in [0.1, 0.15) is 0 Å². The molecular weight excluding hydrogens is 228 g/mol. The Balaban J connectivity index is 1.84. The number of rotatable bonds is 0. The molecule has 0 N–H and O–H groups in total. The van der Waals surface area contributed by atoms with E-state index in [9.17, 15) is 0 Å². The molecule has 0 heterocycles. The highest BCUT2D eigenvalue weighted by atomic mass is 14.9. The van der Waals surface area contributed by atoms with Crippen LogP contribution in [0, 0.1) is 27.1 Å². The molecule has 4 aliphatic rings. The normalized spacial score (nSPS) is 58.7. The highest BCUT2D eigenvalue weighted by molar-refractivity contribution is 5.30. The van der Waals surface area contributed by atoms with Crippen molar-refractivity contribution in [3.63, 3.8) is 0 Å². The van der Waals surface area contributed by atoms with E-state index >= 15 is 0 Å². The zero-order valence-corrected chi connectivity index (χ0v) is 13.6. The zero-order valence-electron chi connectivity index (χ0n) is 13.6. The standard InChI is InChI=1S/C19H32/c1-15(2)9-12-18-14-19(18,13-15)17(4)8-6-5-7-16(18,3)10-11-17/h5-14H2,1-4H3/t16?,17?,18?,19-/m1/s1. The summed E-state index contributed by atoms with van der Waals surface area (Å²) in [6.45, 7) is 10.4. The third-order valence-corrected chi connectivity index (χ3v) is 8.65.